The summed E-state index contributed by atoms with van der Waals surface area (Å²) in [5.41, 5.74) is 2.10. The van der Waals surface area contributed by atoms with Gasteiger partial charge in [-0.15, -0.1) is 0 Å². The van der Waals surface area contributed by atoms with Crippen LogP contribution in [0.4, 0.5) is 5.82 Å². The fourth-order valence-corrected chi connectivity index (χ4v) is 2.01. The van der Waals surface area contributed by atoms with Crippen LogP contribution in [-0.4, -0.2) is 15.0 Å². The van der Waals surface area contributed by atoms with Crippen molar-refractivity contribution in [3.05, 3.63) is 46.6 Å². The second-order valence-corrected chi connectivity index (χ2v) is 7.13. The molecule has 1 N–H and O–H groups in total. The van der Waals surface area contributed by atoms with Crippen molar-refractivity contribution in [1.29, 1.82) is 0 Å². The van der Waals surface area contributed by atoms with Crippen LogP contribution < -0.4 is 5.32 Å². The second kappa shape index (κ2) is 6.61. The van der Waals surface area contributed by atoms with Gasteiger partial charge in [-0.1, -0.05) is 52.3 Å². The number of nitrogens with zero attached hydrogens (tertiary/aromatic N) is 3. The monoisotopic (exact) mass is 318 g/mol. The van der Waals surface area contributed by atoms with E-state index in [9.17, 15) is 0 Å². The summed E-state index contributed by atoms with van der Waals surface area (Å²) in [6, 6.07) is 5.77. The van der Waals surface area contributed by atoms with Gasteiger partial charge in [-0.05, 0) is 11.6 Å². The van der Waals surface area contributed by atoms with Crippen molar-refractivity contribution < 1.29 is 0 Å². The summed E-state index contributed by atoms with van der Waals surface area (Å²) < 4.78 is 0. The van der Waals surface area contributed by atoms with Crippen LogP contribution in [-0.2, 0) is 12.0 Å². The molecule has 2 aromatic rings. The summed E-state index contributed by atoms with van der Waals surface area (Å²) in [4.78, 5) is 13.4. The highest BCUT2D eigenvalue weighted by Crippen LogP contribution is 2.24. The third kappa shape index (κ3) is 4.41. The Labute approximate surface area is 137 Å². The Morgan fingerprint density at radius 3 is 2.45 bits per heavy atom. The van der Waals surface area contributed by atoms with E-state index in [2.05, 4.69) is 54.9 Å². The van der Waals surface area contributed by atoms with Gasteiger partial charge in [0.2, 0.25) is 0 Å². The van der Waals surface area contributed by atoms with Crippen molar-refractivity contribution in [2.45, 2.75) is 52.5 Å². The number of pyridine rings is 1. The standard InChI is InChI=1S/C17H23ClN4/c1-11(2)16-21-13(17(3,4)5)8-15(22-16)20-10-12-6-7-14(18)19-9-12/h6-9,11H,10H2,1-5H3,(H,20,21,22). The molecule has 2 aromatic heterocycles. The molecule has 5 heteroatoms. The molecule has 118 valence electrons. The summed E-state index contributed by atoms with van der Waals surface area (Å²) >= 11 is 5.80. The van der Waals surface area contributed by atoms with E-state index in [1.54, 1.807) is 12.3 Å². The van der Waals surface area contributed by atoms with Crippen LogP contribution in [0.5, 0.6) is 0 Å². The molecule has 0 amide bonds. The van der Waals surface area contributed by atoms with Crippen molar-refractivity contribution >= 4 is 17.4 Å². The lowest BCUT2D eigenvalue weighted by Gasteiger charge is -2.20. The predicted molar refractivity (Wildman–Crippen MR) is 91.4 cm³/mol. The largest absolute Gasteiger partial charge is 0.366 e. The molecule has 4 nitrogen and oxygen atoms in total. The summed E-state index contributed by atoms with van der Waals surface area (Å²) in [6.45, 7) is 11.3. The van der Waals surface area contributed by atoms with Gasteiger partial charge in [0, 0.05) is 30.1 Å². The van der Waals surface area contributed by atoms with Gasteiger partial charge >= 0.3 is 0 Å². The van der Waals surface area contributed by atoms with E-state index in [-0.39, 0.29) is 5.41 Å². The number of rotatable bonds is 4. The first-order chi connectivity index (χ1) is 10.3. The van der Waals surface area contributed by atoms with E-state index in [1.807, 2.05) is 12.1 Å². The Morgan fingerprint density at radius 2 is 1.91 bits per heavy atom. The highest BCUT2D eigenvalue weighted by atomic mass is 35.5. The maximum absolute atomic E-state index is 5.80. The third-order valence-corrected chi connectivity index (χ3v) is 3.51. The van der Waals surface area contributed by atoms with Gasteiger partial charge in [0.1, 0.15) is 16.8 Å². The molecule has 0 spiro atoms. The van der Waals surface area contributed by atoms with E-state index in [0.717, 1.165) is 22.9 Å². The van der Waals surface area contributed by atoms with Crippen LogP contribution in [0.1, 0.15) is 57.6 Å². The van der Waals surface area contributed by atoms with Crippen molar-refractivity contribution in [2.24, 2.45) is 0 Å². The highest BCUT2D eigenvalue weighted by molar-refractivity contribution is 6.29. The van der Waals surface area contributed by atoms with Crippen molar-refractivity contribution in [2.75, 3.05) is 5.32 Å². The first-order valence-corrected chi connectivity index (χ1v) is 7.87. The predicted octanol–water partition coefficient (Wildman–Crippen LogP) is 4.56. The van der Waals surface area contributed by atoms with E-state index < -0.39 is 0 Å². The molecule has 0 aliphatic rings. The molecule has 0 aliphatic carbocycles. The van der Waals surface area contributed by atoms with Crippen LogP contribution in [0, 0.1) is 0 Å². The van der Waals surface area contributed by atoms with Crippen molar-refractivity contribution in [1.82, 2.24) is 15.0 Å². The summed E-state index contributed by atoms with van der Waals surface area (Å²) in [5.74, 6) is 2.00. The van der Waals surface area contributed by atoms with Gasteiger partial charge in [-0.2, -0.15) is 0 Å². The molecule has 0 radical (unpaired) electrons. The molecule has 0 saturated heterocycles. The molecular formula is C17H23ClN4. The van der Waals surface area contributed by atoms with Gasteiger partial charge in [0.25, 0.3) is 0 Å². The molecule has 0 aliphatic heterocycles. The van der Waals surface area contributed by atoms with Gasteiger partial charge < -0.3 is 5.32 Å². The molecule has 22 heavy (non-hydrogen) atoms. The van der Waals surface area contributed by atoms with Gasteiger partial charge in [-0.25, -0.2) is 15.0 Å². The number of halogens is 1. The zero-order valence-corrected chi connectivity index (χ0v) is 14.6. The van der Waals surface area contributed by atoms with E-state index >= 15 is 0 Å². The molecule has 0 aromatic carbocycles. The average Bonchev–Trinajstić information content (AvgIpc) is 2.45. The second-order valence-electron chi connectivity index (χ2n) is 6.74. The minimum Gasteiger partial charge on any atom is -0.366 e. The van der Waals surface area contributed by atoms with E-state index in [1.165, 1.54) is 0 Å². The maximum atomic E-state index is 5.80. The Balaban J connectivity index is 2.22. The smallest absolute Gasteiger partial charge is 0.133 e. The minimum atomic E-state index is -0.00909. The van der Waals surface area contributed by atoms with Crippen LogP contribution in [0.2, 0.25) is 5.15 Å². The first-order valence-electron chi connectivity index (χ1n) is 7.49. The third-order valence-electron chi connectivity index (χ3n) is 3.29. The van der Waals surface area contributed by atoms with Gasteiger partial charge in [0.05, 0.1) is 5.69 Å². The van der Waals surface area contributed by atoms with Crippen LogP contribution >= 0.6 is 11.6 Å². The lowest BCUT2D eigenvalue weighted by molar-refractivity contribution is 0.558. The Hall–Kier alpha value is -1.68. The lowest BCUT2D eigenvalue weighted by atomic mass is 9.91. The SMILES string of the molecule is CC(C)c1nc(NCc2ccc(Cl)nc2)cc(C(C)(C)C)n1. The molecule has 2 heterocycles. The highest BCUT2D eigenvalue weighted by Gasteiger charge is 2.18. The topological polar surface area (TPSA) is 50.7 Å². The fraction of sp³-hybridized carbons (Fsp3) is 0.471. The van der Waals surface area contributed by atoms with E-state index in [0.29, 0.717) is 17.6 Å². The van der Waals surface area contributed by atoms with Crippen LogP contribution in [0.25, 0.3) is 0 Å². The van der Waals surface area contributed by atoms with Gasteiger partial charge in [0.15, 0.2) is 0 Å². The summed E-state index contributed by atoms with van der Waals surface area (Å²) in [7, 11) is 0. The molecule has 0 saturated carbocycles. The number of hydrogen-bond acceptors (Lipinski definition) is 4. The molecule has 0 unspecified atom stereocenters. The number of aromatic nitrogens is 3. The van der Waals surface area contributed by atoms with Crippen molar-refractivity contribution in [3.63, 3.8) is 0 Å². The van der Waals surface area contributed by atoms with Crippen molar-refractivity contribution in [3.8, 4) is 0 Å². The molecular weight excluding hydrogens is 296 g/mol. The Bertz CT molecular complexity index is 630. The maximum Gasteiger partial charge on any atom is 0.133 e. The molecule has 2 rings (SSSR count). The molecule has 0 atom stereocenters. The molecule has 0 fully saturated rings. The number of anilines is 1. The Kier molecular flexibility index (Phi) is 5.01. The quantitative estimate of drug-likeness (QED) is 0.840. The first kappa shape index (κ1) is 16.7. The normalized spacial score (nSPS) is 11.8. The fourth-order valence-electron chi connectivity index (χ4n) is 1.90. The summed E-state index contributed by atoms with van der Waals surface area (Å²) in [6.07, 6.45) is 1.77. The van der Waals surface area contributed by atoms with Gasteiger partial charge in [-0.3, -0.25) is 0 Å². The zero-order chi connectivity index (χ0) is 16.3. The van der Waals surface area contributed by atoms with Crippen LogP contribution in [0.3, 0.4) is 0 Å². The summed E-state index contributed by atoms with van der Waals surface area (Å²) in [5, 5.41) is 3.86. The Morgan fingerprint density at radius 1 is 1.18 bits per heavy atom. The van der Waals surface area contributed by atoms with E-state index in [4.69, 9.17) is 11.6 Å². The minimum absolute atomic E-state index is 0.00909. The lowest BCUT2D eigenvalue weighted by Crippen LogP contribution is -2.17. The number of hydrogen-bond donors (Lipinski definition) is 1. The molecule has 0 bridgehead atoms. The van der Waals surface area contributed by atoms with Crippen LogP contribution in [0.15, 0.2) is 24.4 Å². The average molecular weight is 319 g/mol. The number of nitrogens with one attached hydrogen (secondary N) is 1. The zero-order valence-electron chi connectivity index (χ0n) is 13.8.